The van der Waals surface area contributed by atoms with Crippen molar-refractivity contribution in [2.45, 2.75) is 45.4 Å². The second-order valence-corrected chi connectivity index (χ2v) is 9.54. The number of nitrogens with one attached hydrogen (secondary N) is 2. The topological polar surface area (TPSA) is 46.4 Å². The summed E-state index contributed by atoms with van der Waals surface area (Å²) in [5, 5.41) is 4.44. The largest absolute Gasteiger partial charge is 0.327 e. The van der Waals surface area contributed by atoms with Crippen LogP contribution in [0.2, 0.25) is 0 Å². The van der Waals surface area contributed by atoms with Gasteiger partial charge < -0.3 is 10.2 Å². The van der Waals surface area contributed by atoms with Crippen LogP contribution in [-0.2, 0) is 4.79 Å². The number of carbonyl (C=O) groups is 1. The molecule has 0 bridgehead atoms. The molecule has 0 saturated carbocycles. The number of quaternary nitrogens is 1. The number of rotatable bonds is 5. The summed E-state index contributed by atoms with van der Waals surface area (Å²) in [6.07, 6.45) is 2.31. The highest BCUT2D eigenvalue weighted by molar-refractivity contribution is 7.18. The minimum atomic E-state index is 0.112. The van der Waals surface area contributed by atoms with Crippen molar-refractivity contribution in [3.05, 3.63) is 58.6 Å². The fraction of sp³-hybridized carbons (Fsp3) is 0.417. The van der Waals surface area contributed by atoms with E-state index in [4.69, 9.17) is 4.98 Å². The lowest BCUT2D eigenvalue weighted by atomic mass is 9.98. The number of aryl methyl sites for hydroxylation is 1. The Balaban J connectivity index is 1.42. The average Bonchev–Trinajstić information content (AvgIpc) is 3.14. The van der Waals surface area contributed by atoms with Gasteiger partial charge in [0.15, 0.2) is 6.54 Å². The second kappa shape index (κ2) is 8.64. The number of thiazole rings is 1. The number of benzene rings is 2. The van der Waals surface area contributed by atoms with E-state index >= 15 is 0 Å². The van der Waals surface area contributed by atoms with Crippen molar-refractivity contribution < 1.29 is 9.69 Å². The molecule has 1 unspecified atom stereocenters. The van der Waals surface area contributed by atoms with Gasteiger partial charge in [0, 0.05) is 5.69 Å². The number of nitrogens with zero attached hydrogens (tertiary/aromatic N) is 1. The molecular weight excluding hydrogens is 378 g/mol. The molecule has 3 aromatic rings. The molecule has 4 rings (SSSR count). The van der Waals surface area contributed by atoms with Gasteiger partial charge in [-0.3, -0.25) is 4.79 Å². The third kappa shape index (κ3) is 4.51. The maximum atomic E-state index is 12.8. The lowest BCUT2D eigenvalue weighted by molar-refractivity contribution is -0.898. The lowest BCUT2D eigenvalue weighted by Gasteiger charge is -2.28. The second-order valence-electron chi connectivity index (χ2n) is 8.48. The van der Waals surface area contributed by atoms with Crippen molar-refractivity contribution in [1.29, 1.82) is 0 Å². The molecule has 1 aromatic heterocycles. The molecule has 2 N–H and O–H groups in total. The summed E-state index contributed by atoms with van der Waals surface area (Å²) in [6, 6.07) is 14.6. The van der Waals surface area contributed by atoms with E-state index in [0.29, 0.717) is 18.4 Å². The van der Waals surface area contributed by atoms with E-state index in [1.54, 1.807) is 0 Å². The smallest absolute Gasteiger partial charge is 0.279 e. The first kappa shape index (κ1) is 20.0. The number of amides is 1. The molecule has 0 spiro atoms. The van der Waals surface area contributed by atoms with Crippen molar-refractivity contribution in [1.82, 2.24) is 4.98 Å². The van der Waals surface area contributed by atoms with Gasteiger partial charge >= 0.3 is 0 Å². The summed E-state index contributed by atoms with van der Waals surface area (Å²) >= 11 is 1.81. The quantitative estimate of drug-likeness (QED) is 0.667. The molecule has 1 amide bonds. The summed E-state index contributed by atoms with van der Waals surface area (Å²) in [6.45, 7) is 8.97. The lowest BCUT2D eigenvalue weighted by Crippen LogP contribution is -3.14. The Morgan fingerprint density at radius 1 is 1.24 bits per heavy atom. The molecule has 1 aliphatic rings. The van der Waals surface area contributed by atoms with E-state index in [1.165, 1.54) is 26.6 Å². The van der Waals surface area contributed by atoms with Crippen LogP contribution in [0.4, 0.5) is 5.69 Å². The van der Waals surface area contributed by atoms with Gasteiger partial charge in [0.05, 0.1) is 29.2 Å². The number of hydrogen-bond acceptors (Lipinski definition) is 3. The first-order valence-electron chi connectivity index (χ1n) is 10.6. The highest BCUT2D eigenvalue weighted by Gasteiger charge is 2.28. The first-order chi connectivity index (χ1) is 14.0. The van der Waals surface area contributed by atoms with Crippen LogP contribution in [0.3, 0.4) is 0 Å². The van der Waals surface area contributed by atoms with E-state index < -0.39 is 0 Å². The third-order valence-electron chi connectivity index (χ3n) is 5.88. The van der Waals surface area contributed by atoms with Crippen molar-refractivity contribution in [3.8, 4) is 0 Å². The summed E-state index contributed by atoms with van der Waals surface area (Å²) < 4.78 is 1.26. The van der Waals surface area contributed by atoms with E-state index in [2.05, 4.69) is 62.5 Å². The molecule has 4 nitrogen and oxygen atoms in total. The zero-order chi connectivity index (χ0) is 20.4. The number of para-hydroxylation sites is 2. The van der Waals surface area contributed by atoms with E-state index in [9.17, 15) is 4.79 Å². The van der Waals surface area contributed by atoms with E-state index in [1.807, 2.05) is 17.4 Å². The minimum absolute atomic E-state index is 0.112. The van der Waals surface area contributed by atoms with Crippen LogP contribution in [0.1, 0.15) is 54.7 Å². The van der Waals surface area contributed by atoms with Crippen molar-refractivity contribution >= 4 is 33.1 Å². The SMILES string of the molecule is Cc1cccc(C(C)C)c1NC(=O)C[NH+]1CCC[C@@H](c2nc3ccccc3s2)C1. The molecule has 5 heteroatoms. The zero-order valence-electron chi connectivity index (χ0n) is 17.5. The summed E-state index contributed by atoms with van der Waals surface area (Å²) in [7, 11) is 0. The average molecular weight is 409 g/mol. The maximum absolute atomic E-state index is 12.8. The van der Waals surface area contributed by atoms with E-state index in [0.717, 1.165) is 36.3 Å². The number of hydrogen-bond donors (Lipinski definition) is 2. The van der Waals surface area contributed by atoms with Crippen LogP contribution in [0.15, 0.2) is 42.5 Å². The number of fused-ring (bicyclic) bond motifs is 1. The molecule has 1 aliphatic heterocycles. The van der Waals surface area contributed by atoms with Gasteiger partial charge in [-0.05, 0) is 48.9 Å². The number of carbonyl (C=O) groups excluding carboxylic acids is 1. The highest BCUT2D eigenvalue weighted by Crippen LogP contribution is 2.30. The van der Waals surface area contributed by atoms with Gasteiger partial charge in [-0.2, -0.15) is 0 Å². The zero-order valence-corrected chi connectivity index (χ0v) is 18.3. The molecule has 152 valence electrons. The fourth-order valence-corrected chi connectivity index (χ4v) is 5.44. The van der Waals surface area contributed by atoms with E-state index in [-0.39, 0.29) is 5.91 Å². The predicted molar refractivity (Wildman–Crippen MR) is 121 cm³/mol. The standard InChI is InChI=1S/C24H29N3OS/c1-16(2)19-10-6-8-17(3)23(19)26-22(28)15-27-13-7-9-18(14-27)24-25-20-11-4-5-12-21(20)29-24/h4-6,8,10-12,16,18H,7,9,13-15H2,1-3H3,(H,26,28)/p+1/t18-/m1/s1. The minimum Gasteiger partial charge on any atom is -0.327 e. The Labute approximate surface area is 177 Å². The summed E-state index contributed by atoms with van der Waals surface area (Å²) in [5.41, 5.74) is 4.43. The van der Waals surface area contributed by atoms with Crippen LogP contribution in [0.25, 0.3) is 10.2 Å². The van der Waals surface area contributed by atoms with Gasteiger partial charge in [0.25, 0.3) is 5.91 Å². The number of aromatic nitrogens is 1. The molecule has 0 aliphatic carbocycles. The summed E-state index contributed by atoms with van der Waals surface area (Å²) in [5.74, 6) is 0.950. The van der Waals surface area contributed by atoms with Crippen LogP contribution in [0.5, 0.6) is 0 Å². The van der Waals surface area contributed by atoms with Gasteiger partial charge in [-0.15, -0.1) is 11.3 Å². The van der Waals surface area contributed by atoms with Crippen LogP contribution >= 0.6 is 11.3 Å². The summed E-state index contributed by atoms with van der Waals surface area (Å²) in [4.78, 5) is 19.1. The molecule has 0 radical (unpaired) electrons. The maximum Gasteiger partial charge on any atom is 0.279 e. The van der Waals surface area contributed by atoms with Crippen LogP contribution in [0, 0.1) is 6.92 Å². The molecule has 29 heavy (non-hydrogen) atoms. The van der Waals surface area contributed by atoms with Gasteiger partial charge in [-0.25, -0.2) is 4.98 Å². The van der Waals surface area contributed by atoms with Crippen molar-refractivity contribution in [3.63, 3.8) is 0 Å². The molecule has 2 aromatic carbocycles. The third-order valence-corrected chi connectivity index (χ3v) is 7.08. The predicted octanol–water partition coefficient (Wildman–Crippen LogP) is 4.13. The Kier molecular flexibility index (Phi) is 5.97. The normalized spacial score (nSPS) is 19.6. The fourth-order valence-electron chi connectivity index (χ4n) is 4.34. The molecule has 1 fully saturated rings. The van der Waals surface area contributed by atoms with Crippen molar-refractivity contribution in [2.24, 2.45) is 0 Å². The Bertz CT molecular complexity index is 977. The van der Waals surface area contributed by atoms with Crippen LogP contribution < -0.4 is 10.2 Å². The monoisotopic (exact) mass is 408 g/mol. The highest BCUT2D eigenvalue weighted by atomic mass is 32.1. The van der Waals surface area contributed by atoms with Gasteiger partial charge in [0.2, 0.25) is 0 Å². The molecule has 2 atom stereocenters. The number of anilines is 1. The Hall–Kier alpha value is -2.24. The van der Waals surface area contributed by atoms with Gasteiger partial charge in [-0.1, -0.05) is 44.2 Å². The van der Waals surface area contributed by atoms with Crippen LogP contribution in [-0.4, -0.2) is 30.5 Å². The molecule has 2 heterocycles. The first-order valence-corrected chi connectivity index (χ1v) is 11.4. The molecule has 1 saturated heterocycles. The Morgan fingerprint density at radius 3 is 2.86 bits per heavy atom. The van der Waals surface area contributed by atoms with Gasteiger partial charge in [0.1, 0.15) is 5.01 Å². The number of piperidine rings is 1. The molecular formula is C24H30N3OS+. The van der Waals surface area contributed by atoms with Crippen molar-refractivity contribution in [2.75, 3.05) is 25.0 Å². The Morgan fingerprint density at radius 2 is 2.07 bits per heavy atom. The number of likely N-dealkylation sites (tertiary alicyclic amines) is 1.